The zero-order valence-corrected chi connectivity index (χ0v) is 17.4. The summed E-state index contributed by atoms with van der Waals surface area (Å²) in [5, 5.41) is 10.0. The fourth-order valence-corrected chi connectivity index (χ4v) is 3.72. The standard InChI is InChI=1S/C23H25N5O3/c1-31-19-8-6-16(7-9-19)13-25-22(29)18-5-3-11-28(15-18)23(30)21-12-20(26-27-21)17-4-2-10-24-14-17/h2,4,6-10,12,14,18H,3,5,11,13,15H2,1H3,(H,25,29)(H,26,27)/t18-/m1/s1. The number of H-pyrrole nitrogens is 1. The first kappa shape index (κ1) is 20.6. The normalized spacial score (nSPS) is 16.0. The zero-order valence-electron chi connectivity index (χ0n) is 17.4. The molecule has 1 saturated heterocycles. The molecule has 4 rings (SSSR count). The molecule has 0 spiro atoms. The van der Waals surface area contributed by atoms with Crippen molar-refractivity contribution in [1.29, 1.82) is 0 Å². The predicted octanol–water partition coefficient (Wildman–Crippen LogP) is 2.65. The molecule has 3 aromatic rings. The first-order valence-corrected chi connectivity index (χ1v) is 10.3. The average Bonchev–Trinajstić information content (AvgIpc) is 3.33. The minimum Gasteiger partial charge on any atom is -0.497 e. The molecule has 2 N–H and O–H groups in total. The maximum Gasteiger partial charge on any atom is 0.271 e. The number of likely N-dealkylation sites (tertiary alicyclic amines) is 1. The van der Waals surface area contributed by atoms with Crippen LogP contribution >= 0.6 is 0 Å². The van der Waals surface area contributed by atoms with Crippen LogP contribution < -0.4 is 10.1 Å². The maximum atomic E-state index is 12.9. The van der Waals surface area contributed by atoms with Crippen LogP contribution in [0.2, 0.25) is 0 Å². The van der Waals surface area contributed by atoms with Crippen LogP contribution in [0.5, 0.6) is 5.75 Å². The molecule has 160 valence electrons. The largest absolute Gasteiger partial charge is 0.497 e. The molecule has 0 radical (unpaired) electrons. The van der Waals surface area contributed by atoms with Crippen LogP contribution in [-0.2, 0) is 11.3 Å². The van der Waals surface area contributed by atoms with E-state index in [2.05, 4.69) is 20.5 Å². The zero-order chi connectivity index (χ0) is 21.6. The van der Waals surface area contributed by atoms with Crippen molar-refractivity contribution in [3.05, 3.63) is 66.1 Å². The molecule has 0 unspecified atom stereocenters. The molecule has 8 heteroatoms. The Morgan fingerprint density at radius 2 is 2.10 bits per heavy atom. The summed E-state index contributed by atoms with van der Waals surface area (Å²) in [5.41, 5.74) is 2.92. The molecule has 0 aliphatic carbocycles. The molecule has 1 aliphatic rings. The summed E-state index contributed by atoms with van der Waals surface area (Å²) in [6.45, 7) is 1.47. The number of carbonyl (C=O) groups excluding carboxylic acids is 2. The number of aromatic nitrogens is 3. The average molecular weight is 419 g/mol. The van der Waals surface area contributed by atoms with Crippen LogP contribution in [0.1, 0.15) is 28.9 Å². The predicted molar refractivity (Wildman–Crippen MR) is 115 cm³/mol. The quantitative estimate of drug-likeness (QED) is 0.640. The van der Waals surface area contributed by atoms with Gasteiger partial charge < -0.3 is 15.0 Å². The van der Waals surface area contributed by atoms with E-state index >= 15 is 0 Å². The lowest BCUT2D eigenvalue weighted by atomic mass is 9.96. The van der Waals surface area contributed by atoms with Crippen molar-refractivity contribution in [2.45, 2.75) is 19.4 Å². The molecule has 8 nitrogen and oxygen atoms in total. The third kappa shape index (κ3) is 4.91. The number of hydrogen-bond donors (Lipinski definition) is 2. The molecule has 0 bridgehead atoms. The Hall–Kier alpha value is -3.68. The lowest BCUT2D eigenvalue weighted by molar-refractivity contribution is -0.126. The monoisotopic (exact) mass is 419 g/mol. The molecule has 1 atom stereocenters. The van der Waals surface area contributed by atoms with Crippen molar-refractivity contribution in [2.24, 2.45) is 5.92 Å². The summed E-state index contributed by atoms with van der Waals surface area (Å²) < 4.78 is 5.15. The van der Waals surface area contributed by atoms with Crippen LogP contribution in [-0.4, -0.2) is 52.1 Å². The van der Waals surface area contributed by atoms with Gasteiger partial charge in [0.05, 0.1) is 18.7 Å². The number of carbonyl (C=O) groups is 2. The van der Waals surface area contributed by atoms with E-state index in [-0.39, 0.29) is 17.7 Å². The number of methoxy groups -OCH3 is 1. The van der Waals surface area contributed by atoms with E-state index in [1.54, 1.807) is 30.5 Å². The molecule has 1 fully saturated rings. The second-order valence-electron chi connectivity index (χ2n) is 7.56. The number of piperidine rings is 1. The van der Waals surface area contributed by atoms with E-state index in [0.717, 1.165) is 29.7 Å². The number of amides is 2. The lowest BCUT2D eigenvalue weighted by Crippen LogP contribution is -2.45. The Morgan fingerprint density at radius 1 is 1.26 bits per heavy atom. The maximum absolute atomic E-state index is 12.9. The Morgan fingerprint density at radius 3 is 2.84 bits per heavy atom. The van der Waals surface area contributed by atoms with Crippen LogP contribution in [0.4, 0.5) is 0 Å². The van der Waals surface area contributed by atoms with Crippen LogP contribution in [0.15, 0.2) is 54.9 Å². The third-order valence-electron chi connectivity index (χ3n) is 5.47. The topological polar surface area (TPSA) is 100 Å². The van der Waals surface area contributed by atoms with Crippen LogP contribution in [0.25, 0.3) is 11.3 Å². The van der Waals surface area contributed by atoms with Gasteiger partial charge in [-0.1, -0.05) is 12.1 Å². The fraction of sp³-hybridized carbons (Fsp3) is 0.304. The molecule has 1 aliphatic heterocycles. The van der Waals surface area contributed by atoms with E-state index in [1.165, 1.54) is 0 Å². The van der Waals surface area contributed by atoms with Crippen molar-refractivity contribution in [3.63, 3.8) is 0 Å². The summed E-state index contributed by atoms with van der Waals surface area (Å²) in [6.07, 6.45) is 4.95. The molecule has 2 amide bonds. The van der Waals surface area contributed by atoms with E-state index in [4.69, 9.17) is 4.74 Å². The first-order chi connectivity index (χ1) is 15.1. The molecule has 2 aromatic heterocycles. The lowest BCUT2D eigenvalue weighted by Gasteiger charge is -2.31. The van der Waals surface area contributed by atoms with Gasteiger partial charge in [0, 0.05) is 37.6 Å². The minimum absolute atomic E-state index is 0.0334. The number of pyridine rings is 1. The van der Waals surface area contributed by atoms with E-state index in [9.17, 15) is 9.59 Å². The highest BCUT2D eigenvalue weighted by Gasteiger charge is 2.29. The van der Waals surface area contributed by atoms with Gasteiger partial charge in [-0.15, -0.1) is 0 Å². The Kier molecular flexibility index (Phi) is 6.26. The van der Waals surface area contributed by atoms with E-state index in [0.29, 0.717) is 31.0 Å². The fourth-order valence-electron chi connectivity index (χ4n) is 3.72. The van der Waals surface area contributed by atoms with E-state index < -0.39 is 0 Å². The number of rotatable bonds is 6. The van der Waals surface area contributed by atoms with Gasteiger partial charge >= 0.3 is 0 Å². The van der Waals surface area contributed by atoms with Gasteiger partial charge in [0.1, 0.15) is 11.4 Å². The summed E-state index contributed by atoms with van der Waals surface area (Å²) in [5.74, 6) is 0.378. The number of nitrogens with one attached hydrogen (secondary N) is 2. The van der Waals surface area contributed by atoms with Gasteiger partial charge in [0.2, 0.25) is 5.91 Å². The smallest absolute Gasteiger partial charge is 0.271 e. The number of aromatic amines is 1. The van der Waals surface area contributed by atoms with Gasteiger partial charge in [0.15, 0.2) is 0 Å². The molecule has 1 aromatic carbocycles. The highest BCUT2D eigenvalue weighted by molar-refractivity contribution is 5.94. The van der Waals surface area contributed by atoms with Crippen molar-refractivity contribution in [1.82, 2.24) is 25.4 Å². The summed E-state index contributed by atoms with van der Waals surface area (Å²) >= 11 is 0. The van der Waals surface area contributed by atoms with Crippen molar-refractivity contribution in [2.75, 3.05) is 20.2 Å². The van der Waals surface area contributed by atoms with Gasteiger partial charge in [-0.25, -0.2) is 0 Å². The first-order valence-electron chi connectivity index (χ1n) is 10.3. The summed E-state index contributed by atoms with van der Waals surface area (Å²) in [4.78, 5) is 31.4. The molecular weight excluding hydrogens is 394 g/mol. The van der Waals surface area contributed by atoms with E-state index in [1.807, 2.05) is 36.4 Å². The van der Waals surface area contributed by atoms with Gasteiger partial charge in [-0.2, -0.15) is 5.10 Å². The highest BCUT2D eigenvalue weighted by Crippen LogP contribution is 2.21. The summed E-state index contributed by atoms with van der Waals surface area (Å²) in [6, 6.07) is 13.0. The van der Waals surface area contributed by atoms with Gasteiger partial charge in [0.25, 0.3) is 5.91 Å². The summed E-state index contributed by atoms with van der Waals surface area (Å²) in [7, 11) is 1.62. The van der Waals surface area contributed by atoms with Crippen molar-refractivity contribution < 1.29 is 14.3 Å². The molecule has 31 heavy (non-hydrogen) atoms. The third-order valence-corrected chi connectivity index (χ3v) is 5.47. The Balaban J connectivity index is 1.34. The SMILES string of the molecule is COc1ccc(CNC(=O)[C@@H]2CCCN(C(=O)c3cc(-c4cccnc4)n[nH]3)C2)cc1. The molecule has 0 saturated carbocycles. The van der Waals surface area contributed by atoms with Gasteiger partial charge in [-0.3, -0.25) is 19.7 Å². The number of nitrogens with zero attached hydrogens (tertiary/aromatic N) is 3. The Bertz CT molecular complexity index is 1030. The highest BCUT2D eigenvalue weighted by atomic mass is 16.5. The van der Waals surface area contributed by atoms with Crippen LogP contribution in [0.3, 0.4) is 0 Å². The number of hydrogen-bond acceptors (Lipinski definition) is 5. The molecular formula is C23H25N5O3. The second-order valence-corrected chi connectivity index (χ2v) is 7.56. The van der Waals surface area contributed by atoms with Gasteiger partial charge in [-0.05, 0) is 48.7 Å². The second kappa shape index (κ2) is 9.42. The Labute approximate surface area is 180 Å². The number of benzene rings is 1. The van der Waals surface area contributed by atoms with Crippen LogP contribution in [0, 0.1) is 5.92 Å². The van der Waals surface area contributed by atoms with Crippen molar-refractivity contribution >= 4 is 11.8 Å². The number of ether oxygens (including phenoxy) is 1. The molecule has 3 heterocycles. The minimum atomic E-state index is -0.225. The van der Waals surface area contributed by atoms with Crippen molar-refractivity contribution in [3.8, 4) is 17.0 Å².